The fourth-order valence-electron chi connectivity index (χ4n) is 2.15. The summed E-state index contributed by atoms with van der Waals surface area (Å²) in [6.45, 7) is 7.25. The number of hydrogen-bond donors (Lipinski definition) is 2. The number of carboxylic acids is 1. The zero-order valence-corrected chi connectivity index (χ0v) is 12.9. The number of nitrogens with one attached hydrogen (secondary N) is 1. The Bertz CT molecular complexity index is 460. The number of carbonyl (C=O) groups excluding carboxylic acids is 1. The summed E-state index contributed by atoms with van der Waals surface area (Å²) in [5.74, 6) is -0.568. The highest BCUT2D eigenvalue weighted by atomic mass is 16.4. The Morgan fingerprint density at radius 1 is 1.24 bits per heavy atom. The Morgan fingerprint density at radius 2 is 1.86 bits per heavy atom. The van der Waals surface area contributed by atoms with Crippen LogP contribution in [-0.4, -0.2) is 35.1 Å². The van der Waals surface area contributed by atoms with Crippen LogP contribution in [0.5, 0.6) is 0 Å². The van der Waals surface area contributed by atoms with Crippen molar-refractivity contribution in [2.24, 2.45) is 5.92 Å². The highest BCUT2D eigenvalue weighted by Crippen LogP contribution is 2.17. The van der Waals surface area contributed by atoms with Crippen LogP contribution in [0.3, 0.4) is 0 Å². The number of carbonyl (C=O) groups is 2. The molecule has 116 valence electrons. The number of nitrogens with zero attached hydrogens (tertiary/aromatic N) is 1. The molecule has 1 rings (SSSR count). The van der Waals surface area contributed by atoms with E-state index in [2.05, 4.69) is 5.32 Å². The van der Waals surface area contributed by atoms with Crippen molar-refractivity contribution in [1.29, 1.82) is 0 Å². The molecule has 1 aromatic carbocycles. The molecule has 0 bridgehead atoms. The van der Waals surface area contributed by atoms with Crippen molar-refractivity contribution in [1.82, 2.24) is 10.2 Å². The highest BCUT2D eigenvalue weighted by molar-refractivity contribution is 5.76. The number of hydrogen-bond acceptors (Lipinski definition) is 2. The molecule has 0 heterocycles. The van der Waals surface area contributed by atoms with Crippen LogP contribution in [-0.2, 0) is 4.79 Å². The van der Waals surface area contributed by atoms with Crippen molar-refractivity contribution in [3.05, 3.63) is 35.9 Å². The molecule has 0 saturated carbocycles. The van der Waals surface area contributed by atoms with Gasteiger partial charge in [-0.2, -0.15) is 0 Å². The Hall–Kier alpha value is -2.04. The van der Waals surface area contributed by atoms with Gasteiger partial charge in [-0.05, 0) is 18.4 Å². The number of aliphatic carboxylic acids is 1. The monoisotopic (exact) mass is 292 g/mol. The van der Waals surface area contributed by atoms with E-state index in [-0.39, 0.29) is 12.5 Å². The zero-order chi connectivity index (χ0) is 15.8. The molecule has 2 amide bonds. The molecule has 0 radical (unpaired) electrons. The number of rotatable bonds is 7. The maximum Gasteiger partial charge on any atom is 0.317 e. The Morgan fingerprint density at radius 3 is 2.33 bits per heavy atom. The van der Waals surface area contributed by atoms with Crippen LogP contribution in [0.2, 0.25) is 0 Å². The molecule has 0 aliphatic carbocycles. The molecule has 0 spiro atoms. The molecular weight excluding hydrogens is 268 g/mol. The fourth-order valence-corrected chi connectivity index (χ4v) is 2.15. The lowest BCUT2D eigenvalue weighted by Gasteiger charge is -2.26. The first-order valence-electron chi connectivity index (χ1n) is 7.26. The van der Waals surface area contributed by atoms with Crippen molar-refractivity contribution in [2.45, 2.75) is 33.2 Å². The molecule has 21 heavy (non-hydrogen) atoms. The second-order valence-corrected chi connectivity index (χ2v) is 5.44. The fraction of sp³-hybridized carbons (Fsp3) is 0.500. The van der Waals surface area contributed by atoms with Crippen LogP contribution < -0.4 is 5.32 Å². The van der Waals surface area contributed by atoms with E-state index in [4.69, 9.17) is 5.11 Å². The summed E-state index contributed by atoms with van der Waals surface area (Å²) in [7, 11) is 0. The van der Waals surface area contributed by atoms with Gasteiger partial charge in [0.05, 0.1) is 12.5 Å². The van der Waals surface area contributed by atoms with Crippen LogP contribution in [0.15, 0.2) is 30.3 Å². The van der Waals surface area contributed by atoms with Crippen molar-refractivity contribution < 1.29 is 14.7 Å². The molecule has 0 aliphatic heterocycles. The lowest BCUT2D eigenvalue weighted by molar-refractivity contribution is -0.137. The van der Waals surface area contributed by atoms with Gasteiger partial charge in [-0.15, -0.1) is 0 Å². The Kier molecular flexibility index (Phi) is 6.72. The van der Waals surface area contributed by atoms with E-state index in [0.717, 1.165) is 5.56 Å². The van der Waals surface area contributed by atoms with Crippen LogP contribution >= 0.6 is 0 Å². The van der Waals surface area contributed by atoms with Gasteiger partial charge in [-0.1, -0.05) is 44.2 Å². The topological polar surface area (TPSA) is 69.6 Å². The SMILES string of the molecule is CCN(CC(C)C)C(=O)NC(CC(=O)O)c1ccccc1. The largest absolute Gasteiger partial charge is 0.481 e. The molecule has 5 heteroatoms. The van der Waals surface area contributed by atoms with Gasteiger partial charge in [0, 0.05) is 13.1 Å². The van der Waals surface area contributed by atoms with Crippen LogP contribution in [0.25, 0.3) is 0 Å². The van der Waals surface area contributed by atoms with E-state index < -0.39 is 12.0 Å². The summed E-state index contributed by atoms with van der Waals surface area (Å²) in [6.07, 6.45) is -0.130. The van der Waals surface area contributed by atoms with Gasteiger partial charge in [-0.3, -0.25) is 4.79 Å². The van der Waals surface area contributed by atoms with E-state index in [1.54, 1.807) is 4.90 Å². The second kappa shape index (κ2) is 8.29. The molecule has 1 unspecified atom stereocenters. The van der Waals surface area contributed by atoms with Gasteiger partial charge >= 0.3 is 12.0 Å². The molecular formula is C16H24N2O3. The molecule has 0 aromatic heterocycles. The number of carboxylic acid groups (broad SMARTS) is 1. The third-order valence-corrected chi connectivity index (χ3v) is 3.13. The molecule has 1 atom stereocenters. The zero-order valence-electron chi connectivity index (χ0n) is 12.9. The summed E-state index contributed by atoms with van der Waals surface area (Å²) in [6, 6.07) is 8.45. The van der Waals surface area contributed by atoms with Gasteiger partial charge in [0.1, 0.15) is 0 Å². The smallest absolute Gasteiger partial charge is 0.317 e. The van der Waals surface area contributed by atoms with Gasteiger partial charge in [0.15, 0.2) is 0 Å². The maximum absolute atomic E-state index is 12.3. The second-order valence-electron chi connectivity index (χ2n) is 5.44. The lowest BCUT2D eigenvalue weighted by Crippen LogP contribution is -2.43. The van der Waals surface area contributed by atoms with Crippen molar-refractivity contribution in [2.75, 3.05) is 13.1 Å². The van der Waals surface area contributed by atoms with Crippen LogP contribution in [0, 0.1) is 5.92 Å². The van der Waals surface area contributed by atoms with E-state index in [0.29, 0.717) is 19.0 Å². The predicted octanol–water partition coefficient (Wildman–Crippen LogP) is 2.89. The first kappa shape index (κ1) is 17.0. The third-order valence-electron chi connectivity index (χ3n) is 3.13. The third kappa shape index (κ3) is 5.85. The van der Waals surface area contributed by atoms with Crippen molar-refractivity contribution in [3.8, 4) is 0 Å². The van der Waals surface area contributed by atoms with Crippen molar-refractivity contribution in [3.63, 3.8) is 0 Å². The molecule has 0 fully saturated rings. The molecule has 0 aliphatic rings. The number of benzene rings is 1. The number of urea groups is 1. The normalized spacial score (nSPS) is 12.0. The predicted molar refractivity (Wildman–Crippen MR) is 82.1 cm³/mol. The van der Waals surface area contributed by atoms with Gasteiger partial charge in [0.25, 0.3) is 0 Å². The summed E-state index contributed by atoms with van der Waals surface area (Å²) < 4.78 is 0. The summed E-state index contributed by atoms with van der Waals surface area (Å²) in [5.41, 5.74) is 0.800. The highest BCUT2D eigenvalue weighted by Gasteiger charge is 2.21. The first-order chi connectivity index (χ1) is 9.93. The molecule has 2 N–H and O–H groups in total. The Labute approximate surface area is 126 Å². The standard InChI is InChI=1S/C16H24N2O3/c1-4-18(11-12(2)3)16(21)17-14(10-15(19)20)13-8-6-5-7-9-13/h5-9,12,14H,4,10-11H2,1-3H3,(H,17,21)(H,19,20). The van der Waals surface area contributed by atoms with E-state index in [9.17, 15) is 9.59 Å². The van der Waals surface area contributed by atoms with Gasteiger partial charge in [-0.25, -0.2) is 4.79 Å². The minimum atomic E-state index is -0.934. The average molecular weight is 292 g/mol. The van der Waals surface area contributed by atoms with E-state index >= 15 is 0 Å². The van der Waals surface area contributed by atoms with Crippen LogP contribution in [0.4, 0.5) is 4.79 Å². The Balaban J connectivity index is 2.81. The molecule has 0 saturated heterocycles. The average Bonchev–Trinajstić information content (AvgIpc) is 2.44. The van der Waals surface area contributed by atoms with E-state index in [1.165, 1.54) is 0 Å². The molecule has 5 nitrogen and oxygen atoms in total. The van der Waals surface area contributed by atoms with E-state index in [1.807, 2.05) is 51.1 Å². The maximum atomic E-state index is 12.3. The molecule has 1 aromatic rings. The summed E-state index contributed by atoms with van der Waals surface area (Å²) in [4.78, 5) is 25.0. The summed E-state index contributed by atoms with van der Waals surface area (Å²) >= 11 is 0. The number of amides is 2. The quantitative estimate of drug-likeness (QED) is 0.812. The van der Waals surface area contributed by atoms with Gasteiger partial charge < -0.3 is 15.3 Å². The van der Waals surface area contributed by atoms with Crippen LogP contribution in [0.1, 0.15) is 38.8 Å². The minimum Gasteiger partial charge on any atom is -0.481 e. The summed E-state index contributed by atoms with van der Waals surface area (Å²) in [5, 5.41) is 11.9. The first-order valence-corrected chi connectivity index (χ1v) is 7.26. The lowest BCUT2D eigenvalue weighted by atomic mass is 10.0. The minimum absolute atomic E-state index is 0.130. The van der Waals surface area contributed by atoms with Gasteiger partial charge in [0.2, 0.25) is 0 Å². The van der Waals surface area contributed by atoms with Crippen molar-refractivity contribution >= 4 is 12.0 Å².